The lowest BCUT2D eigenvalue weighted by Gasteiger charge is -2.07. The Balaban J connectivity index is 1.95. The Hall–Kier alpha value is -3.73. The molecule has 5 rings (SSSR count). The lowest BCUT2D eigenvalue weighted by molar-refractivity contribution is 0.0968. The number of rotatable bonds is 1. The predicted molar refractivity (Wildman–Crippen MR) is 110 cm³/mol. The summed E-state index contributed by atoms with van der Waals surface area (Å²) in [6.45, 7) is 3.93. The topological polar surface area (TPSA) is 56.4 Å². The number of carbonyl (C=O) groups excluding carboxylic acids is 1. The van der Waals surface area contributed by atoms with Crippen molar-refractivity contribution in [2.45, 2.75) is 13.8 Å². The molecular formula is C23H17N3O2. The van der Waals surface area contributed by atoms with Crippen LogP contribution in [-0.2, 0) is 0 Å². The van der Waals surface area contributed by atoms with Gasteiger partial charge in [0.25, 0.3) is 11.5 Å². The Morgan fingerprint density at radius 1 is 0.857 bits per heavy atom. The first-order valence-electron chi connectivity index (χ1n) is 9.08. The van der Waals surface area contributed by atoms with E-state index >= 15 is 0 Å². The highest BCUT2D eigenvalue weighted by Gasteiger charge is 2.21. The van der Waals surface area contributed by atoms with Crippen molar-refractivity contribution in [1.29, 1.82) is 0 Å². The highest BCUT2D eigenvalue weighted by molar-refractivity contribution is 6.05. The van der Waals surface area contributed by atoms with Crippen molar-refractivity contribution in [3.8, 4) is 0 Å². The normalized spacial score (nSPS) is 11.5. The summed E-state index contributed by atoms with van der Waals surface area (Å²) in [6.07, 6.45) is 0. The van der Waals surface area contributed by atoms with Crippen molar-refractivity contribution >= 4 is 33.6 Å². The SMILES string of the molecule is Cc1cc(C)cc(C(=O)n2c3ccccc3n3c(=O)c4ccccc4nc23)c1. The van der Waals surface area contributed by atoms with E-state index < -0.39 is 0 Å². The Bertz CT molecular complexity index is 1450. The molecule has 0 fully saturated rings. The largest absolute Gasteiger partial charge is 0.268 e. The Morgan fingerprint density at radius 3 is 2.25 bits per heavy atom. The summed E-state index contributed by atoms with van der Waals surface area (Å²) in [6, 6.07) is 20.3. The predicted octanol–water partition coefficient (Wildman–Crippen LogP) is 4.11. The fourth-order valence-electron chi connectivity index (χ4n) is 3.87. The Labute approximate surface area is 160 Å². The van der Waals surface area contributed by atoms with Gasteiger partial charge in [-0.2, -0.15) is 0 Å². The van der Waals surface area contributed by atoms with E-state index in [-0.39, 0.29) is 11.5 Å². The lowest BCUT2D eigenvalue weighted by atomic mass is 10.1. The molecule has 0 saturated carbocycles. The summed E-state index contributed by atoms with van der Waals surface area (Å²) in [4.78, 5) is 31.3. The van der Waals surface area contributed by atoms with E-state index in [2.05, 4.69) is 4.98 Å². The van der Waals surface area contributed by atoms with Gasteiger partial charge >= 0.3 is 0 Å². The van der Waals surface area contributed by atoms with Crippen molar-refractivity contribution in [1.82, 2.24) is 14.0 Å². The van der Waals surface area contributed by atoms with Crippen LogP contribution in [0.4, 0.5) is 0 Å². The third kappa shape index (κ3) is 2.29. The van der Waals surface area contributed by atoms with Crippen molar-refractivity contribution in [3.05, 3.63) is 93.8 Å². The molecule has 2 heterocycles. The van der Waals surface area contributed by atoms with Crippen molar-refractivity contribution in [2.75, 3.05) is 0 Å². The molecule has 0 bridgehead atoms. The van der Waals surface area contributed by atoms with Gasteiger partial charge < -0.3 is 0 Å². The van der Waals surface area contributed by atoms with Gasteiger partial charge in [-0.15, -0.1) is 0 Å². The van der Waals surface area contributed by atoms with E-state index in [0.717, 1.165) is 11.1 Å². The van der Waals surface area contributed by atoms with Gasteiger partial charge in [-0.25, -0.2) is 14.0 Å². The molecule has 3 aromatic carbocycles. The smallest absolute Gasteiger partial charge is 0.267 e. The molecule has 0 radical (unpaired) electrons. The number of fused-ring (bicyclic) bond motifs is 4. The van der Waals surface area contributed by atoms with E-state index in [9.17, 15) is 9.59 Å². The number of imidazole rings is 1. The highest BCUT2D eigenvalue weighted by atomic mass is 16.2. The number of hydrogen-bond acceptors (Lipinski definition) is 3. The molecule has 5 nitrogen and oxygen atoms in total. The first kappa shape index (κ1) is 16.4. The molecule has 2 aromatic heterocycles. The van der Waals surface area contributed by atoms with Crippen molar-refractivity contribution < 1.29 is 4.79 Å². The van der Waals surface area contributed by atoms with Crippen molar-refractivity contribution in [3.63, 3.8) is 0 Å². The fraction of sp³-hybridized carbons (Fsp3) is 0.0870. The molecule has 5 aromatic rings. The molecule has 28 heavy (non-hydrogen) atoms. The van der Waals surface area contributed by atoms with E-state index in [0.29, 0.717) is 33.3 Å². The standard InChI is InChI=1S/C23H17N3O2/c1-14-11-15(2)13-16(12-14)21(27)25-19-9-5-6-10-20(19)26-22(28)17-7-3-4-8-18(17)24-23(25)26/h3-13H,1-2H3. The van der Waals surface area contributed by atoms with Gasteiger partial charge in [0, 0.05) is 5.56 Å². The number of para-hydroxylation sites is 3. The number of aromatic nitrogens is 3. The summed E-state index contributed by atoms with van der Waals surface area (Å²) in [5.74, 6) is 0.127. The van der Waals surface area contributed by atoms with Gasteiger partial charge in [0.1, 0.15) is 0 Å². The fourth-order valence-corrected chi connectivity index (χ4v) is 3.87. The van der Waals surface area contributed by atoms with Gasteiger partial charge in [0.15, 0.2) is 0 Å². The second kappa shape index (κ2) is 5.89. The molecule has 136 valence electrons. The summed E-state index contributed by atoms with van der Waals surface area (Å²) < 4.78 is 3.07. The Kier molecular flexibility index (Phi) is 3.46. The zero-order chi connectivity index (χ0) is 19.4. The van der Waals surface area contributed by atoms with Crippen molar-refractivity contribution in [2.24, 2.45) is 0 Å². The second-order valence-electron chi connectivity index (χ2n) is 7.08. The van der Waals surface area contributed by atoms with Crippen LogP contribution in [0.1, 0.15) is 21.5 Å². The van der Waals surface area contributed by atoms with Crippen LogP contribution in [0.15, 0.2) is 71.5 Å². The molecule has 5 heteroatoms. The Morgan fingerprint density at radius 2 is 1.50 bits per heavy atom. The zero-order valence-corrected chi connectivity index (χ0v) is 15.5. The molecule has 0 N–H and O–H groups in total. The molecule has 0 amide bonds. The summed E-state index contributed by atoms with van der Waals surface area (Å²) in [5, 5.41) is 0.529. The van der Waals surface area contributed by atoms with Crippen LogP contribution in [-0.4, -0.2) is 19.9 Å². The summed E-state index contributed by atoms with van der Waals surface area (Å²) >= 11 is 0. The molecule has 0 saturated heterocycles. The van der Waals surface area contributed by atoms with Crippen LogP contribution in [0, 0.1) is 13.8 Å². The van der Waals surface area contributed by atoms with Gasteiger partial charge in [0.05, 0.1) is 21.9 Å². The first-order valence-corrected chi connectivity index (χ1v) is 9.08. The van der Waals surface area contributed by atoms with Crippen LogP contribution < -0.4 is 5.56 Å². The van der Waals surface area contributed by atoms with Crippen LogP contribution in [0.3, 0.4) is 0 Å². The van der Waals surface area contributed by atoms with E-state index in [1.54, 1.807) is 12.1 Å². The first-order chi connectivity index (χ1) is 13.5. The average molecular weight is 367 g/mol. The van der Waals surface area contributed by atoms with E-state index in [1.165, 1.54) is 8.97 Å². The maximum Gasteiger partial charge on any atom is 0.267 e. The third-order valence-electron chi connectivity index (χ3n) is 4.99. The zero-order valence-electron chi connectivity index (χ0n) is 15.5. The van der Waals surface area contributed by atoms with Crippen LogP contribution in [0.5, 0.6) is 0 Å². The highest BCUT2D eigenvalue weighted by Crippen LogP contribution is 2.22. The minimum Gasteiger partial charge on any atom is -0.268 e. The van der Waals surface area contributed by atoms with Crippen LogP contribution in [0.25, 0.3) is 27.7 Å². The number of hydrogen-bond donors (Lipinski definition) is 0. The van der Waals surface area contributed by atoms with Gasteiger partial charge in [-0.05, 0) is 50.2 Å². The molecule has 0 spiro atoms. The van der Waals surface area contributed by atoms with Crippen LogP contribution in [0.2, 0.25) is 0 Å². The average Bonchev–Trinajstić information content (AvgIpc) is 3.01. The third-order valence-corrected chi connectivity index (χ3v) is 4.99. The number of nitrogens with zero attached hydrogens (tertiary/aromatic N) is 3. The number of aryl methyl sites for hydroxylation is 2. The van der Waals surface area contributed by atoms with Gasteiger partial charge in [-0.3, -0.25) is 9.59 Å². The molecule has 0 aliphatic carbocycles. The minimum absolute atomic E-state index is 0.177. The number of benzene rings is 3. The summed E-state index contributed by atoms with van der Waals surface area (Å²) in [7, 11) is 0. The van der Waals surface area contributed by atoms with E-state index in [1.807, 2.05) is 68.4 Å². The monoisotopic (exact) mass is 367 g/mol. The molecule has 0 atom stereocenters. The maximum atomic E-state index is 13.5. The van der Waals surface area contributed by atoms with Gasteiger partial charge in [-0.1, -0.05) is 41.5 Å². The molecule has 0 aliphatic rings. The van der Waals surface area contributed by atoms with Crippen LogP contribution >= 0.6 is 0 Å². The summed E-state index contributed by atoms with van der Waals surface area (Å²) in [5.41, 5.74) is 4.32. The minimum atomic E-state index is -0.201. The lowest BCUT2D eigenvalue weighted by Crippen LogP contribution is -2.18. The molecule has 0 aliphatic heterocycles. The number of carbonyl (C=O) groups is 1. The quantitative estimate of drug-likeness (QED) is 0.448. The second-order valence-corrected chi connectivity index (χ2v) is 7.08. The maximum absolute atomic E-state index is 13.5. The molecule has 0 unspecified atom stereocenters. The van der Waals surface area contributed by atoms with Gasteiger partial charge in [0.2, 0.25) is 5.78 Å². The van der Waals surface area contributed by atoms with E-state index in [4.69, 9.17) is 0 Å². The molecular weight excluding hydrogens is 350 g/mol.